The number of methoxy groups -OCH3 is 1. The fourth-order valence-corrected chi connectivity index (χ4v) is 2.15. The fraction of sp³-hybridized carbons (Fsp3) is 0.200. The molecule has 2 nitrogen and oxygen atoms in total. The lowest BCUT2D eigenvalue weighted by Crippen LogP contribution is -2.13. The Morgan fingerprint density at radius 2 is 1.94 bits per heavy atom. The summed E-state index contributed by atoms with van der Waals surface area (Å²) >= 11 is 5.99. The SMILES string of the molecule is COc1cc(C)ccc1C(N)c1cccc(Cl)c1. The van der Waals surface area contributed by atoms with Gasteiger partial charge < -0.3 is 10.5 Å². The minimum atomic E-state index is -0.237. The summed E-state index contributed by atoms with van der Waals surface area (Å²) in [7, 11) is 1.66. The van der Waals surface area contributed by atoms with Crippen molar-refractivity contribution < 1.29 is 4.74 Å². The number of hydrogen-bond acceptors (Lipinski definition) is 2. The third kappa shape index (κ3) is 2.66. The first-order valence-corrected chi connectivity index (χ1v) is 6.15. The first-order valence-electron chi connectivity index (χ1n) is 5.77. The molecule has 1 atom stereocenters. The van der Waals surface area contributed by atoms with Gasteiger partial charge in [0, 0.05) is 10.6 Å². The average molecular weight is 262 g/mol. The molecule has 0 aliphatic rings. The fourth-order valence-electron chi connectivity index (χ4n) is 1.95. The second-order valence-corrected chi connectivity index (χ2v) is 4.71. The summed E-state index contributed by atoms with van der Waals surface area (Å²) in [5.74, 6) is 0.808. The van der Waals surface area contributed by atoms with Crippen molar-refractivity contribution in [1.29, 1.82) is 0 Å². The van der Waals surface area contributed by atoms with Crippen molar-refractivity contribution in [2.75, 3.05) is 7.11 Å². The Morgan fingerprint density at radius 1 is 1.17 bits per heavy atom. The van der Waals surface area contributed by atoms with Crippen LogP contribution in [-0.2, 0) is 0 Å². The zero-order valence-electron chi connectivity index (χ0n) is 10.5. The van der Waals surface area contributed by atoms with E-state index in [9.17, 15) is 0 Å². The molecule has 0 radical (unpaired) electrons. The molecule has 0 heterocycles. The van der Waals surface area contributed by atoms with Gasteiger partial charge in [-0.05, 0) is 36.2 Å². The molecule has 3 heteroatoms. The second-order valence-electron chi connectivity index (χ2n) is 4.28. The van der Waals surface area contributed by atoms with Crippen molar-refractivity contribution in [3.05, 3.63) is 64.2 Å². The predicted octanol–water partition coefficient (Wildman–Crippen LogP) is 3.71. The standard InChI is InChI=1S/C15H16ClNO/c1-10-6-7-13(14(8-10)18-2)15(17)11-4-3-5-12(16)9-11/h3-9,15H,17H2,1-2H3. The van der Waals surface area contributed by atoms with Crippen molar-refractivity contribution >= 4 is 11.6 Å². The van der Waals surface area contributed by atoms with Crippen molar-refractivity contribution in [3.63, 3.8) is 0 Å². The highest BCUT2D eigenvalue weighted by atomic mass is 35.5. The van der Waals surface area contributed by atoms with Gasteiger partial charge in [0.25, 0.3) is 0 Å². The lowest BCUT2D eigenvalue weighted by molar-refractivity contribution is 0.407. The van der Waals surface area contributed by atoms with Crippen LogP contribution in [0.3, 0.4) is 0 Å². The molecular weight excluding hydrogens is 246 g/mol. The quantitative estimate of drug-likeness (QED) is 0.914. The molecule has 0 amide bonds. The van der Waals surface area contributed by atoms with Crippen molar-refractivity contribution in [3.8, 4) is 5.75 Å². The van der Waals surface area contributed by atoms with Gasteiger partial charge in [-0.15, -0.1) is 0 Å². The Morgan fingerprint density at radius 3 is 2.61 bits per heavy atom. The molecular formula is C15H16ClNO. The zero-order valence-corrected chi connectivity index (χ0v) is 11.2. The van der Waals surface area contributed by atoms with Gasteiger partial charge in [-0.25, -0.2) is 0 Å². The lowest BCUT2D eigenvalue weighted by Gasteiger charge is -2.17. The minimum absolute atomic E-state index is 0.237. The third-order valence-electron chi connectivity index (χ3n) is 2.93. The first kappa shape index (κ1) is 12.9. The number of aryl methyl sites for hydroxylation is 1. The van der Waals surface area contributed by atoms with Gasteiger partial charge in [-0.2, -0.15) is 0 Å². The van der Waals surface area contributed by atoms with E-state index in [0.29, 0.717) is 5.02 Å². The first-order chi connectivity index (χ1) is 8.61. The van der Waals surface area contributed by atoms with Gasteiger partial charge >= 0.3 is 0 Å². The molecule has 2 N–H and O–H groups in total. The molecule has 0 aliphatic carbocycles. The van der Waals surface area contributed by atoms with Gasteiger partial charge in [0.2, 0.25) is 0 Å². The van der Waals surface area contributed by atoms with E-state index in [4.69, 9.17) is 22.1 Å². The number of ether oxygens (including phenoxy) is 1. The molecule has 1 unspecified atom stereocenters. The van der Waals surface area contributed by atoms with Crippen molar-refractivity contribution in [2.45, 2.75) is 13.0 Å². The van der Waals surface area contributed by atoms with Crippen LogP contribution >= 0.6 is 11.6 Å². The lowest BCUT2D eigenvalue weighted by atomic mass is 9.98. The molecule has 0 bridgehead atoms. The van der Waals surface area contributed by atoms with Crippen LogP contribution in [0.4, 0.5) is 0 Å². The van der Waals surface area contributed by atoms with Crippen LogP contribution in [0.5, 0.6) is 5.75 Å². The largest absolute Gasteiger partial charge is 0.496 e. The van der Waals surface area contributed by atoms with E-state index in [1.54, 1.807) is 7.11 Å². The Hall–Kier alpha value is -1.51. The molecule has 0 fully saturated rings. The predicted molar refractivity (Wildman–Crippen MR) is 75.2 cm³/mol. The summed E-state index contributed by atoms with van der Waals surface area (Å²) in [5.41, 5.74) is 9.36. The highest BCUT2D eigenvalue weighted by molar-refractivity contribution is 6.30. The number of benzene rings is 2. The molecule has 2 rings (SSSR count). The topological polar surface area (TPSA) is 35.2 Å². The van der Waals surface area contributed by atoms with E-state index < -0.39 is 0 Å². The summed E-state index contributed by atoms with van der Waals surface area (Å²) in [6.07, 6.45) is 0. The van der Waals surface area contributed by atoms with E-state index in [1.807, 2.05) is 49.4 Å². The highest BCUT2D eigenvalue weighted by Crippen LogP contribution is 2.30. The zero-order chi connectivity index (χ0) is 13.1. The maximum absolute atomic E-state index is 6.27. The van der Waals surface area contributed by atoms with Crippen LogP contribution in [0.1, 0.15) is 22.7 Å². The third-order valence-corrected chi connectivity index (χ3v) is 3.17. The molecule has 0 aromatic heterocycles. The van der Waals surface area contributed by atoms with E-state index in [0.717, 1.165) is 22.4 Å². The van der Waals surface area contributed by atoms with Crippen LogP contribution in [0.2, 0.25) is 5.02 Å². The molecule has 0 saturated heterocycles. The van der Waals surface area contributed by atoms with Crippen LogP contribution in [0.25, 0.3) is 0 Å². The molecule has 94 valence electrons. The molecule has 2 aromatic carbocycles. The van der Waals surface area contributed by atoms with E-state index >= 15 is 0 Å². The van der Waals surface area contributed by atoms with Crippen LogP contribution in [0, 0.1) is 6.92 Å². The number of halogens is 1. The molecule has 0 saturated carbocycles. The van der Waals surface area contributed by atoms with Crippen molar-refractivity contribution in [1.82, 2.24) is 0 Å². The highest BCUT2D eigenvalue weighted by Gasteiger charge is 2.14. The monoisotopic (exact) mass is 261 g/mol. The molecule has 2 aromatic rings. The summed E-state index contributed by atoms with van der Waals surface area (Å²) in [4.78, 5) is 0. The molecule has 0 aliphatic heterocycles. The number of rotatable bonds is 3. The number of nitrogens with two attached hydrogens (primary N) is 1. The Bertz CT molecular complexity index is 554. The van der Waals surface area contributed by atoms with Gasteiger partial charge in [-0.3, -0.25) is 0 Å². The second kappa shape index (κ2) is 5.42. The van der Waals surface area contributed by atoms with Crippen LogP contribution in [0.15, 0.2) is 42.5 Å². The molecule has 0 spiro atoms. The summed E-state index contributed by atoms with van der Waals surface area (Å²) in [6, 6.07) is 13.4. The summed E-state index contributed by atoms with van der Waals surface area (Å²) < 4.78 is 5.39. The van der Waals surface area contributed by atoms with Gasteiger partial charge in [0.05, 0.1) is 13.2 Å². The smallest absolute Gasteiger partial charge is 0.124 e. The van der Waals surface area contributed by atoms with E-state index in [1.165, 1.54) is 0 Å². The summed E-state index contributed by atoms with van der Waals surface area (Å²) in [5, 5.41) is 0.689. The van der Waals surface area contributed by atoms with E-state index in [-0.39, 0.29) is 6.04 Å². The maximum atomic E-state index is 6.27. The van der Waals surface area contributed by atoms with Gasteiger partial charge in [0.1, 0.15) is 5.75 Å². The van der Waals surface area contributed by atoms with Crippen molar-refractivity contribution in [2.24, 2.45) is 5.73 Å². The number of hydrogen-bond donors (Lipinski definition) is 1. The van der Waals surface area contributed by atoms with E-state index in [2.05, 4.69) is 0 Å². The minimum Gasteiger partial charge on any atom is -0.496 e. The Kier molecular flexibility index (Phi) is 3.90. The average Bonchev–Trinajstić information content (AvgIpc) is 2.37. The normalized spacial score (nSPS) is 12.2. The van der Waals surface area contributed by atoms with Gasteiger partial charge in [0.15, 0.2) is 0 Å². The summed E-state index contributed by atoms with van der Waals surface area (Å²) in [6.45, 7) is 2.03. The molecule has 18 heavy (non-hydrogen) atoms. The Balaban J connectivity index is 2.42. The van der Waals surface area contributed by atoms with Crippen LogP contribution in [-0.4, -0.2) is 7.11 Å². The maximum Gasteiger partial charge on any atom is 0.124 e. The van der Waals surface area contributed by atoms with Crippen LogP contribution < -0.4 is 10.5 Å². The van der Waals surface area contributed by atoms with Gasteiger partial charge in [-0.1, -0.05) is 35.9 Å². The Labute approximate surface area is 112 Å².